The Bertz CT molecular complexity index is 234. The van der Waals surface area contributed by atoms with Gasteiger partial charge < -0.3 is 0 Å². The van der Waals surface area contributed by atoms with E-state index in [-0.39, 0.29) is 0 Å². The normalized spacial score (nSPS) is 26.0. The van der Waals surface area contributed by atoms with Gasteiger partial charge in [0.2, 0.25) is 0 Å². The third kappa shape index (κ3) is 7.71. The van der Waals surface area contributed by atoms with Crippen molar-refractivity contribution in [3.8, 4) is 0 Å². The molecule has 0 radical (unpaired) electrons. The molecule has 1 saturated carbocycles. The smallest absolute Gasteiger partial charge is 0.0388 e. The third-order valence-electron chi connectivity index (χ3n) is 6.22. The second kappa shape index (κ2) is 10.7. The summed E-state index contributed by atoms with van der Waals surface area (Å²) in [6, 6.07) is 0. The summed E-state index contributed by atoms with van der Waals surface area (Å²) >= 11 is 0. The average molecular weight is 295 g/mol. The van der Waals surface area contributed by atoms with Crippen LogP contribution in [0.4, 0.5) is 0 Å². The fourth-order valence-electron chi connectivity index (χ4n) is 4.26. The number of unbranched alkanes of at least 4 members (excludes halogenated alkanes) is 2. The molecule has 0 N–H and O–H groups in total. The highest BCUT2D eigenvalue weighted by Gasteiger charge is 2.23. The highest BCUT2D eigenvalue weighted by atomic mass is 14.3. The number of hydrogen-bond acceptors (Lipinski definition) is 0. The summed E-state index contributed by atoms with van der Waals surface area (Å²) in [5.74, 6) is 4.87. The Morgan fingerprint density at radius 1 is 0.810 bits per heavy atom. The highest BCUT2D eigenvalue weighted by Crippen LogP contribution is 2.35. The molecule has 0 heteroatoms. The molecule has 0 aromatic carbocycles. The van der Waals surface area contributed by atoms with Crippen molar-refractivity contribution >= 4 is 0 Å². The van der Waals surface area contributed by atoms with Gasteiger partial charge in [0.1, 0.15) is 0 Å². The lowest BCUT2D eigenvalue weighted by molar-refractivity contribution is 0.206. The predicted octanol–water partition coefficient (Wildman–Crippen LogP) is 7.47. The molecule has 1 aliphatic rings. The first-order valence-electron chi connectivity index (χ1n) is 10.0. The van der Waals surface area contributed by atoms with Gasteiger partial charge in [0, 0.05) is 0 Å². The Balaban J connectivity index is 2.19. The SMILES string of the molecule is CCCCCC(CCCC(C)C1CCC(C)CC1)C(C)C. The summed E-state index contributed by atoms with van der Waals surface area (Å²) in [4.78, 5) is 0. The van der Waals surface area contributed by atoms with E-state index in [4.69, 9.17) is 0 Å². The minimum atomic E-state index is 0.882. The van der Waals surface area contributed by atoms with Gasteiger partial charge in [0.15, 0.2) is 0 Å². The van der Waals surface area contributed by atoms with Crippen LogP contribution >= 0.6 is 0 Å². The van der Waals surface area contributed by atoms with Crippen LogP contribution in [0.1, 0.15) is 105 Å². The Morgan fingerprint density at radius 2 is 1.43 bits per heavy atom. The molecule has 0 aliphatic heterocycles. The van der Waals surface area contributed by atoms with Crippen molar-refractivity contribution in [1.82, 2.24) is 0 Å². The first-order valence-corrected chi connectivity index (χ1v) is 10.0. The van der Waals surface area contributed by atoms with Crippen LogP contribution in [0.25, 0.3) is 0 Å². The minimum absolute atomic E-state index is 0.882. The van der Waals surface area contributed by atoms with Crippen LogP contribution in [0.2, 0.25) is 0 Å². The van der Waals surface area contributed by atoms with Crippen molar-refractivity contribution in [2.45, 2.75) is 105 Å². The van der Waals surface area contributed by atoms with E-state index in [0.717, 1.165) is 29.6 Å². The van der Waals surface area contributed by atoms with Crippen LogP contribution in [-0.2, 0) is 0 Å². The van der Waals surface area contributed by atoms with Gasteiger partial charge in [0.25, 0.3) is 0 Å². The minimum Gasteiger partial charge on any atom is -0.0654 e. The van der Waals surface area contributed by atoms with Gasteiger partial charge in [-0.1, -0.05) is 92.4 Å². The zero-order chi connectivity index (χ0) is 15.7. The zero-order valence-electron chi connectivity index (χ0n) is 15.7. The standard InChI is InChI=1S/C21H42/c1-6-7-8-11-20(17(2)3)12-9-10-19(5)21-15-13-18(4)14-16-21/h17-21H,6-16H2,1-5H3. The van der Waals surface area contributed by atoms with E-state index in [1.54, 1.807) is 0 Å². The summed E-state index contributed by atoms with van der Waals surface area (Å²) in [5.41, 5.74) is 0. The topological polar surface area (TPSA) is 0 Å². The van der Waals surface area contributed by atoms with Crippen LogP contribution in [0.5, 0.6) is 0 Å². The monoisotopic (exact) mass is 294 g/mol. The molecule has 0 aromatic heterocycles. The Labute approximate surface area is 135 Å². The van der Waals surface area contributed by atoms with E-state index in [1.807, 2.05) is 0 Å². The Kier molecular flexibility index (Phi) is 9.69. The lowest BCUT2D eigenvalue weighted by Gasteiger charge is -2.31. The first kappa shape index (κ1) is 19.0. The van der Waals surface area contributed by atoms with Gasteiger partial charge in [-0.3, -0.25) is 0 Å². The van der Waals surface area contributed by atoms with Crippen molar-refractivity contribution in [2.75, 3.05) is 0 Å². The fraction of sp³-hybridized carbons (Fsp3) is 1.00. The summed E-state index contributed by atoms with van der Waals surface area (Å²) in [6.45, 7) is 12.1. The second-order valence-electron chi connectivity index (χ2n) is 8.43. The van der Waals surface area contributed by atoms with E-state index >= 15 is 0 Å². The van der Waals surface area contributed by atoms with E-state index in [2.05, 4.69) is 34.6 Å². The molecule has 1 aliphatic carbocycles. The van der Waals surface area contributed by atoms with Crippen LogP contribution in [0.3, 0.4) is 0 Å². The van der Waals surface area contributed by atoms with Gasteiger partial charge in [0.05, 0.1) is 0 Å². The highest BCUT2D eigenvalue weighted by molar-refractivity contribution is 4.75. The first-order chi connectivity index (χ1) is 10.0. The van der Waals surface area contributed by atoms with E-state index in [1.165, 1.54) is 70.6 Å². The quantitative estimate of drug-likeness (QED) is 0.366. The lowest BCUT2D eigenvalue weighted by Crippen LogP contribution is -2.19. The van der Waals surface area contributed by atoms with Crippen LogP contribution < -0.4 is 0 Å². The van der Waals surface area contributed by atoms with E-state index in [0.29, 0.717) is 0 Å². The molecular formula is C21H42. The fourth-order valence-corrected chi connectivity index (χ4v) is 4.26. The second-order valence-corrected chi connectivity index (χ2v) is 8.43. The molecular weight excluding hydrogens is 252 g/mol. The Hall–Kier alpha value is 0. The maximum atomic E-state index is 2.53. The molecule has 1 fully saturated rings. The van der Waals surface area contributed by atoms with Gasteiger partial charge in [-0.05, 0) is 42.4 Å². The molecule has 126 valence electrons. The predicted molar refractivity (Wildman–Crippen MR) is 96.6 cm³/mol. The molecule has 21 heavy (non-hydrogen) atoms. The van der Waals surface area contributed by atoms with Gasteiger partial charge in [-0.15, -0.1) is 0 Å². The van der Waals surface area contributed by atoms with Gasteiger partial charge in [-0.2, -0.15) is 0 Å². The molecule has 0 aromatic rings. The average Bonchev–Trinajstić information content (AvgIpc) is 2.46. The zero-order valence-corrected chi connectivity index (χ0v) is 15.7. The summed E-state index contributed by atoms with van der Waals surface area (Å²) in [6.07, 6.45) is 16.1. The van der Waals surface area contributed by atoms with Gasteiger partial charge in [-0.25, -0.2) is 0 Å². The van der Waals surface area contributed by atoms with E-state index in [9.17, 15) is 0 Å². The maximum Gasteiger partial charge on any atom is -0.0388 e. The molecule has 0 spiro atoms. The Morgan fingerprint density at radius 3 is 2.00 bits per heavy atom. The lowest BCUT2D eigenvalue weighted by atomic mass is 9.75. The van der Waals surface area contributed by atoms with Gasteiger partial charge >= 0.3 is 0 Å². The number of rotatable bonds is 10. The largest absolute Gasteiger partial charge is 0.0654 e. The van der Waals surface area contributed by atoms with Crippen molar-refractivity contribution in [3.63, 3.8) is 0 Å². The third-order valence-corrected chi connectivity index (χ3v) is 6.22. The van der Waals surface area contributed by atoms with Crippen LogP contribution in [0.15, 0.2) is 0 Å². The number of hydrogen-bond donors (Lipinski definition) is 0. The van der Waals surface area contributed by atoms with Crippen molar-refractivity contribution in [2.24, 2.45) is 29.6 Å². The molecule has 0 amide bonds. The molecule has 0 nitrogen and oxygen atoms in total. The molecule has 1 rings (SSSR count). The van der Waals surface area contributed by atoms with Crippen LogP contribution in [-0.4, -0.2) is 0 Å². The molecule has 0 bridgehead atoms. The van der Waals surface area contributed by atoms with Crippen LogP contribution in [0, 0.1) is 29.6 Å². The molecule has 0 heterocycles. The molecule has 0 saturated heterocycles. The van der Waals surface area contributed by atoms with Crippen molar-refractivity contribution < 1.29 is 0 Å². The van der Waals surface area contributed by atoms with E-state index < -0.39 is 0 Å². The summed E-state index contributed by atoms with van der Waals surface area (Å²) < 4.78 is 0. The van der Waals surface area contributed by atoms with Crippen molar-refractivity contribution in [3.05, 3.63) is 0 Å². The molecule has 2 unspecified atom stereocenters. The maximum absolute atomic E-state index is 2.53. The van der Waals surface area contributed by atoms with Crippen molar-refractivity contribution in [1.29, 1.82) is 0 Å². The molecule has 2 atom stereocenters. The summed E-state index contributed by atoms with van der Waals surface area (Å²) in [7, 11) is 0. The summed E-state index contributed by atoms with van der Waals surface area (Å²) in [5, 5.41) is 0.